The average molecular weight is 720 g/mol. The van der Waals surface area contributed by atoms with Crippen LogP contribution in [0, 0.1) is 0 Å². The van der Waals surface area contributed by atoms with Crippen LogP contribution in [0.5, 0.6) is 0 Å². The van der Waals surface area contributed by atoms with Gasteiger partial charge in [0.2, 0.25) is 5.91 Å². The van der Waals surface area contributed by atoms with E-state index in [9.17, 15) is 19.8 Å². The number of aliphatic hydroxyl groups is 2. The fraction of sp³-hybridized carbons (Fsp3) is 0.867. The van der Waals surface area contributed by atoms with Crippen molar-refractivity contribution in [1.82, 2.24) is 5.32 Å². The van der Waals surface area contributed by atoms with E-state index in [0.29, 0.717) is 19.4 Å². The summed E-state index contributed by atoms with van der Waals surface area (Å²) in [6.07, 6.45) is 45.8. The lowest BCUT2D eigenvalue weighted by Crippen LogP contribution is -2.45. The number of amides is 1. The molecule has 0 aliphatic rings. The minimum atomic E-state index is -0.860. The van der Waals surface area contributed by atoms with Crippen molar-refractivity contribution in [2.24, 2.45) is 0 Å². The summed E-state index contributed by atoms with van der Waals surface area (Å²) >= 11 is 0. The van der Waals surface area contributed by atoms with Crippen molar-refractivity contribution >= 4 is 11.9 Å². The zero-order valence-corrected chi connectivity index (χ0v) is 33.8. The molecule has 0 rings (SSSR count). The second-order valence-corrected chi connectivity index (χ2v) is 15.0. The van der Waals surface area contributed by atoms with Crippen molar-refractivity contribution in [3.63, 3.8) is 0 Å². The molecule has 300 valence electrons. The molecule has 0 spiro atoms. The Morgan fingerprint density at radius 2 is 0.922 bits per heavy atom. The fourth-order valence-corrected chi connectivity index (χ4v) is 6.51. The number of hydrogen-bond acceptors (Lipinski definition) is 5. The lowest BCUT2D eigenvalue weighted by molar-refractivity contribution is -0.143. The fourth-order valence-electron chi connectivity index (χ4n) is 6.51. The molecule has 0 aliphatic carbocycles. The highest BCUT2D eigenvalue weighted by Crippen LogP contribution is 2.14. The first kappa shape index (κ1) is 49.3. The average Bonchev–Trinajstić information content (AvgIpc) is 3.13. The molecule has 3 N–H and O–H groups in total. The first-order valence-electron chi connectivity index (χ1n) is 22.1. The minimum Gasteiger partial charge on any atom is -0.466 e. The predicted octanol–water partition coefficient (Wildman–Crippen LogP) is 12.4. The molecule has 6 nitrogen and oxygen atoms in total. The lowest BCUT2D eigenvalue weighted by atomic mass is 10.0. The highest BCUT2D eigenvalue weighted by molar-refractivity contribution is 5.76. The van der Waals surface area contributed by atoms with Gasteiger partial charge in [-0.15, -0.1) is 0 Å². The van der Waals surface area contributed by atoms with Gasteiger partial charge in [-0.2, -0.15) is 0 Å². The number of nitrogens with one attached hydrogen (secondary N) is 1. The van der Waals surface area contributed by atoms with Gasteiger partial charge in [-0.1, -0.05) is 179 Å². The van der Waals surface area contributed by atoms with Crippen LogP contribution >= 0.6 is 0 Å². The molecular formula is C45H85NO5. The highest BCUT2D eigenvalue weighted by atomic mass is 16.5. The Morgan fingerprint density at radius 1 is 0.529 bits per heavy atom. The van der Waals surface area contributed by atoms with Crippen molar-refractivity contribution in [2.75, 3.05) is 13.2 Å². The zero-order chi connectivity index (χ0) is 37.3. The van der Waals surface area contributed by atoms with Gasteiger partial charge in [0.25, 0.3) is 0 Å². The summed E-state index contributed by atoms with van der Waals surface area (Å²) in [4.78, 5) is 24.3. The number of carbonyl (C=O) groups is 2. The molecule has 1 amide bonds. The maximum absolute atomic E-state index is 12.4. The van der Waals surface area contributed by atoms with Crippen molar-refractivity contribution in [3.8, 4) is 0 Å². The number of rotatable bonds is 40. The Morgan fingerprint density at radius 3 is 1.43 bits per heavy atom. The highest BCUT2D eigenvalue weighted by Gasteiger charge is 2.18. The van der Waals surface area contributed by atoms with Gasteiger partial charge in [-0.05, 0) is 57.8 Å². The summed E-state index contributed by atoms with van der Waals surface area (Å²) in [6, 6.07) is -0.646. The maximum atomic E-state index is 12.4. The second-order valence-electron chi connectivity index (χ2n) is 15.0. The third-order valence-corrected chi connectivity index (χ3v) is 9.97. The van der Waals surface area contributed by atoms with Gasteiger partial charge in [-0.25, -0.2) is 0 Å². The quantitative estimate of drug-likeness (QED) is 0.0333. The van der Waals surface area contributed by atoms with Crippen LogP contribution in [-0.4, -0.2) is 47.4 Å². The Kier molecular flexibility index (Phi) is 39.8. The molecular weight excluding hydrogens is 634 g/mol. The number of esters is 1. The molecule has 0 aromatic rings. The molecule has 0 saturated heterocycles. The zero-order valence-electron chi connectivity index (χ0n) is 33.8. The Balaban J connectivity index is 3.56. The minimum absolute atomic E-state index is 0.0383. The first-order valence-corrected chi connectivity index (χ1v) is 22.1. The van der Waals surface area contributed by atoms with E-state index >= 15 is 0 Å². The first-order chi connectivity index (χ1) is 25.0. The molecule has 0 bridgehead atoms. The second kappa shape index (κ2) is 41.1. The van der Waals surface area contributed by atoms with E-state index in [4.69, 9.17) is 4.74 Å². The summed E-state index contributed by atoms with van der Waals surface area (Å²) in [5, 5.41) is 22.9. The van der Waals surface area contributed by atoms with Gasteiger partial charge >= 0.3 is 5.97 Å². The number of unbranched alkanes of at least 4 members (excludes halogenated alkanes) is 27. The summed E-state index contributed by atoms with van der Waals surface area (Å²) in [5.41, 5.74) is 0. The number of ether oxygens (including phenoxy) is 1. The van der Waals surface area contributed by atoms with Gasteiger partial charge in [0, 0.05) is 12.8 Å². The molecule has 0 aromatic carbocycles. The van der Waals surface area contributed by atoms with Crippen LogP contribution in [-0.2, 0) is 14.3 Å². The number of hydrogen-bond donors (Lipinski definition) is 3. The van der Waals surface area contributed by atoms with Crippen LogP contribution in [0.2, 0.25) is 0 Å². The van der Waals surface area contributed by atoms with Crippen LogP contribution in [0.4, 0.5) is 0 Å². The van der Waals surface area contributed by atoms with Crippen molar-refractivity contribution < 1.29 is 24.5 Å². The van der Waals surface area contributed by atoms with E-state index in [1.807, 2.05) is 6.08 Å². The van der Waals surface area contributed by atoms with Crippen molar-refractivity contribution in [3.05, 3.63) is 24.3 Å². The molecule has 51 heavy (non-hydrogen) atoms. The van der Waals surface area contributed by atoms with E-state index in [0.717, 1.165) is 57.8 Å². The molecule has 2 atom stereocenters. The van der Waals surface area contributed by atoms with Gasteiger partial charge in [0.15, 0.2) is 0 Å². The Labute approximate surface area is 316 Å². The largest absolute Gasteiger partial charge is 0.466 e. The summed E-state index contributed by atoms with van der Waals surface area (Å²) < 4.78 is 5.42. The summed E-state index contributed by atoms with van der Waals surface area (Å²) in [5.74, 6) is -0.136. The third kappa shape index (κ3) is 37.9. The summed E-state index contributed by atoms with van der Waals surface area (Å²) in [7, 11) is 0. The Bertz CT molecular complexity index is 797. The van der Waals surface area contributed by atoms with E-state index in [2.05, 4.69) is 31.3 Å². The third-order valence-electron chi connectivity index (χ3n) is 9.97. The maximum Gasteiger partial charge on any atom is 0.305 e. The van der Waals surface area contributed by atoms with Crippen molar-refractivity contribution in [1.29, 1.82) is 0 Å². The lowest BCUT2D eigenvalue weighted by Gasteiger charge is -2.20. The van der Waals surface area contributed by atoms with Gasteiger partial charge < -0.3 is 20.3 Å². The molecule has 0 heterocycles. The van der Waals surface area contributed by atoms with Gasteiger partial charge in [-0.3, -0.25) is 9.59 Å². The van der Waals surface area contributed by atoms with E-state index in [1.54, 1.807) is 6.08 Å². The van der Waals surface area contributed by atoms with Crippen LogP contribution in [0.25, 0.3) is 0 Å². The molecule has 2 unspecified atom stereocenters. The number of allylic oxidation sites excluding steroid dienone is 3. The van der Waals surface area contributed by atoms with Crippen LogP contribution in [0.15, 0.2) is 24.3 Å². The predicted molar refractivity (Wildman–Crippen MR) is 218 cm³/mol. The van der Waals surface area contributed by atoms with Crippen molar-refractivity contribution in [2.45, 2.75) is 238 Å². The molecule has 0 fully saturated rings. The molecule has 6 heteroatoms. The van der Waals surface area contributed by atoms with Gasteiger partial charge in [0.05, 0.1) is 25.4 Å². The molecule has 0 aliphatic heterocycles. The Hall–Kier alpha value is -1.66. The monoisotopic (exact) mass is 720 g/mol. The molecule has 0 aromatic heterocycles. The van der Waals surface area contributed by atoms with Crippen LogP contribution in [0.1, 0.15) is 226 Å². The van der Waals surface area contributed by atoms with E-state index in [1.165, 1.54) is 141 Å². The van der Waals surface area contributed by atoms with Gasteiger partial charge in [0.1, 0.15) is 0 Å². The summed E-state index contributed by atoms with van der Waals surface area (Å²) in [6.45, 7) is 4.79. The normalized spacial score (nSPS) is 12.9. The topological polar surface area (TPSA) is 95.9 Å². The van der Waals surface area contributed by atoms with Crippen LogP contribution < -0.4 is 5.32 Å². The van der Waals surface area contributed by atoms with E-state index in [-0.39, 0.29) is 18.5 Å². The molecule has 0 radical (unpaired) electrons. The van der Waals surface area contributed by atoms with Crippen LogP contribution in [0.3, 0.4) is 0 Å². The standard InChI is InChI=1S/C45H85NO5/c1-3-5-7-9-11-13-15-17-18-21-25-29-33-37-43(48)42(41-47)46-44(49)38-34-30-26-22-20-24-28-32-36-40-51-45(50)39-35-31-27-23-19-16-14-12-10-8-6-4-2/h12,14,33,37,42-43,47-48H,3-11,13,15-32,34-36,38-41H2,1-2H3,(H,46,49)/b14-12-,37-33+. The van der Waals surface area contributed by atoms with E-state index < -0.39 is 12.1 Å². The number of carbonyl (C=O) groups excluding carboxylic acids is 2. The number of aliphatic hydroxyl groups excluding tert-OH is 2. The molecule has 0 saturated carbocycles. The smallest absolute Gasteiger partial charge is 0.305 e. The SMILES string of the molecule is CCCCC/C=C\CCCCCCCC(=O)OCCCCCCCCCCCC(=O)NC(CO)C(O)/C=C/CCCCCCCCCCCCC.